The van der Waals surface area contributed by atoms with E-state index in [4.69, 9.17) is 0 Å². The van der Waals surface area contributed by atoms with E-state index < -0.39 is 0 Å². The third kappa shape index (κ3) is 3.54. The highest BCUT2D eigenvalue weighted by molar-refractivity contribution is 5.68. The Morgan fingerprint density at radius 3 is 2.19 bits per heavy atom. The average Bonchev–Trinajstić information content (AvgIpc) is 2.51. The number of rotatable bonds is 6. The second-order valence-electron chi connectivity index (χ2n) is 5.18. The third-order valence-electron chi connectivity index (χ3n) is 3.70. The largest absolute Gasteiger partial charge is 0.370 e. The molecule has 0 amide bonds. The summed E-state index contributed by atoms with van der Waals surface area (Å²) in [5, 5.41) is 6.83. The highest BCUT2D eigenvalue weighted by Crippen LogP contribution is 2.27. The molecule has 0 unspecified atom stereocenters. The van der Waals surface area contributed by atoms with Gasteiger partial charge in [-0.2, -0.15) is 0 Å². The van der Waals surface area contributed by atoms with Crippen LogP contribution in [-0.4, -0.2) is 11.5 Å². The number of nitrogens with one attached hydrogen (secondary N) is 2. The summed E-state index contributed by atoms with van der Waals surface area (Å²) in [6, 6.07) is 10.6. The number of para-hydroxylation sites is 1. The Morgan fingerprint density at radius 2 is 1.62 bits per heavy atom. The van der Waals surface area contributed by atoms with Crippen molar-refractivity contribution < 1.29 is 0 Å². The Morgan fingerprint density at radius 1 is 0.952 bits per heavy atom. The summed E-state index contributed by atoms with van der Waals surface area (Å²) in [5.74, 6) is 1.85. The molecule has 3 nitrogen and oxygen atoms in total. The molecular weight excluding hydrogens is 258 g/mol. The Kier molecular flexibility index (Phi) is 5.20. The van der Waals surface area contributed by atoms with Crippen LogP contribution in [0.5, 0.6) is 0 Å². The molecule has 1 aromatic heterocycles. The van der Waals surface area contributed by atoms with Crippen LogP contribution in [0.3, 0.4) is 0 Å². The smallest absolute Gasteiger partial charge is 0.135 e. The molecule has 3 heteroatoms. The summed E-state index contributed by atoms with van der Waals surface area (Å²) in [4.78, 5) is 4.69. The van der Waals surface area contributed by atoms with Crippen molar-refractivity contribution >= 4 is 17.3 Å². The van der Waals surface area contributed by atoms with Gasteiger partial charge in [0.1, 0.15) is 11.6 Å². The monoisotopic (exact) mass is 283 g/mol. The highest BCUT2D eigenvalue weighted by Gasteiger charge is 2.09. The van der Waals surface area contributed by atoms with Crippen molar-refractivity contribution in [1.29, 1.82) is 0 Å². The SMILES string of the molecule is CCNc1ccc(C)c(Nc2c(CC)cccc2CC)n1. The molecule has 2 aromatic rings. The summed E-state index contributed by atoms with van der Waals surface area (Å²) in [5.41, 5.74) is 5.05. The minimum atomic E-state index is 0.876. The van der Waals surface area contributed by atoms with E-state index in [1.54, 1.807) is 0 Å². The van der Waals surface area contributed by atoms with Crippen molar-refractivity contribution in [3.8, 4) is 0 Å². The fourth-order valence-electron chi connectivity index (χ4n) is 2.46. The first-order chi connectivity index (χ1) is 10.2. The van der Waals surface area contributed by atoms with Gasteiger partial charge in [-0.3, -0.25) is 0 Å². The van der Waals surface area contributed by atoms with Gasteiger partial charge in [-0.15, -0.1) is 0 Å². The highest BCUT2D eigenvalue weighted by atomic mass is 15.1. The lowest BCUT2D eigenvalue weighted by Crippen LogP contribution is -2.05. The topological polar surface area (TPSA) is 37.0 Å². The minimum absolute atomic E-state index is 0.876. The molecule has 2 N–H and O–H groups in total. The van der Waals surface area contributed by atoms with Crippen LogP contribution in [0.25, 0.3) is 0 Å². The Balaban J connectivity index is 2.39. The van der Waals surface area contributed by atoms with Gasteiger partial charge in [0.2, 0.25) is 0 Å². The van der Waals surface area contributed by atoms with Crippen molar-refractivity contribution in [3.63, 3.8) is 0 Å². The van der Waals surface area contributed by atoms with E-state index in [0.717, 1.165) is 36.6 Å². The number of hydrogen-bond acceptors (Lipinski definition) is 3. The maximum absolute atomic E-state index is 4.69. The lowest BCUT2D eigenvalue weighted by atomic mass is 10.0. The molecule has 0 saturated carbocycles. The summed E-state index contributed by atoms with van der Waals surface area (Å²) in [6.45, 7) is 9.42. The normalized spacial score (nSPS) is 10.5. The van der Waals surface area contributed by atoms with Crippen LogP contribution < -0.4 is 10.6 Å². The first-order valence-electron chi connectivity index (χ1n) is 7.78. The molecule has 0 saturated heterocycles. The molecule has 21 heavy (non-hydrogen) atoms. The first-order valence-corrected chi connectivity index (χ1v) is 7.78. The standard InChI is InChI=1S/C18H25N3/c1-5-14-9-8-10-15(6-2)17(14)21-18-13(4)11-12-16(20-18)19-7-3/h8-12H,5-7H2,1-4H3,(H2,19,20,21). The molecular formula is C18H25N3. The number of pyridine rings is 1. The van der Waals surface area contributed by atoms with Crippen LogP contribution in [0.4, 0.5) is 17.3 Å². The maximum Gasteiger partial charge on any atom is 0.135 e. The molecule has 0 spiro atoms. The van der Waals surface area contributed by atoms with Gasteiger partial charge in [0.05, 0.1) is 0 Å². The molecule has 1 heterocycles. The summed E-state index contributed by atoms with van der Waals surface area (Å²) < 4.78 is 0. The number of nitrogens with zero attached hydrogens (tertiary/aromatic N) is 1. The van der Waals surface area contributed by atoms with Crippen molar-refractivity contribution in [2.45, 2.75) is 40.5 Å². The van der Waals surface area contributed by atoms with Gasteiger partial charge in [-0.1, -0.05) is 38.1 Å². The van der Waals surface area contributed by atoms with Crippen LogP contribution in [0.1, 0.15) is 37.5 Å². The molecule has 2 rings (SSSR count). The van der Waals surface area contributed by atoms with Crippen LogP contribution in [-0.2, 0) is 12.8 Å². The molecule has 1 aromatic carbocycles. The van der Waals surface area contributed by atoms with Gasteiger partial charge < -0.3 is 10.6 Å². The first kappa shape index (κ1) is 15.4. The van der Waals surface area contributed by atoms with Crippen LogP contribution in [0.2, 0.25) is 0 Å². The number of aromatic nitrogens is 1. The third-order valence-corrected chi connectivity index (χ3v) is 3.70. The zero-order valence-electron chi connectivity index (χ0n) is 13.5. The fourth-order valence-corrected chi connectivity index (χ4v) is 2.46. The van der Waals surface area contributed by atoms with Gasteiger partial charge in [-0.25, -0.2) is 4.98 Å². The fraction of sp³-hybridized carbons (Fsp3) is 0.389. The number of anilines is 3. The average molecular weight is 283 g/mol. The molecule has 0 aliphatic rings. The number of aryl methyl sites for hydroxylation is 3. The van der Waals surface area contributed by atoms with E-state index in [1.165, 1.54) is 16.8 Å². The second kappa shape index (κ2) is 7.11. The van der Waals surface area contributed by atoms with Gasteiger partial charge in [0.25, 0.3) is 0 Å². The number of benzene rings is 1. The van der Waals surface area contributed by atoms with E-state index in [1.807, 2.05) is 6.07 Å². The summed E-state index contributed by atoms with van der Waals surface area (Å²) in [6.07, 6.45) is 2.03. The molecule has 0 aliphatic heterocycles. The van der Waals surface area contributed by atoms with Crippen molar-refractivity contribution in [3.05, 3.63) is 47.0 Å². The Hall–Kier alpha value is -2.03. The van der Waals surface area contributed by atoms with Crippen molar-refractivity contribution in [2.24, 2.45) is 0 Å². The van der Waals surface area contributed by atoms with Crippen LogP contribution in [0, 0.1) is 6.92 Å². The van der Waals surface area contributed by atoms with Gasteiger partial charge in [0.15, 0.2) is 0 Å². The second-order valence-corrected chi connectivity index (χ2v) is 5.18. The molecule has 0 bridgehead atoms. The minimum Gasteiger partial charge on any atom is -0.370 e. The van der Waals surface area contributed by atoms with E-state index in [9.17, 15) is 0 Å². The van der Waals surface area contributed by atoms with Crippen LogP contribution in [0.15, 0.2) is 30.3 Å². The molecule has 0 fully saturated rings. The quantitative estimate of drug-likeness (QED) is 0.807. The van der Waals surface area contributed by atoms with Gasteiger partial charge >= 0.3 is 0 Å². The number of hydrogen-bond donors (Lipinski definition) is 2. The molecule has 112 valence electrons. The van der Waals surface area contributed by atoms with E-state index >= 15 is 0 Å². The Labute approximate surface area is 127 Å². The van der Waals surface area contributed by atoms with Crippen molar-refractivity contribution in [2.75, 3.05) is 17.2 Å². The summed E-state index contributed by atoms with van der Waals surface area (Å²) in [7, 11) is 0. The van der Waals surface area contributed by atoms with E-state index in [0.29, 0.717) is 0 Å². The van der Waals surface area contributed by atoms with Crippen molar-refractivity contribution in [1.82, 2.24) is 4.98 Å². The van der Waals surface area contributed by atoms with Gasteiger partial charge in [-0.05, 0) is 49.4 Å². The van der Waals surface area contributed by atoms with Crippen LogP contribution >= 0.6 is 0 Å². The lowest BCUT2D eigenvalue weighted by Gasteiger charge is -2.17. The zero-order valence-corrected chi connectivity index (χ0v) is 13.5. The zero-order chi connectivity index (χ0) is 15.2. The Bertz CT molecular complexity index is 583. The molecule has 0 aliphatic carbocycles. The van der Waals surface area contributed by atoms with E-state index in [-0.39, 0.29) is 0 Å². The molecule has 0 atom stereocenters. The predicted octanol–water partition coefficient (Wildman–Crippen LogP) is 4.69. The van der Waals surface area contributed by atoms with Gasteiger partial charge in [0, 0.05) is 12.2 Å². The lowest BCUT2D eigenvalue weighted by molar-refractivity contribution is 1.08. The van der Waals surface area contributed by atoms with E-state index in [2.05, 4.69) is 67.6 Å². The summed E-state index contributed by atoms with van der Waals surface area (Å²) >= 11 is 0. The maximum atomic E-state index is 4.69. The predicted molar refractivity (Wildman–Crippen MR) is 91.6 cm³/mol. The molecule has 0 radical (unpaired) electrons.